The molecule has 0 spiro atoms. The van der Waals surface area contributed by atoms with E-state index in [-0.39, 0.29) is 36.6 Å². The number of hydrogen-bond donors (Lipinski definition) is 3. The molecule has 7 nitrogen and oxygen atoms in total. The molecule has 1 aromatic heterocycles. The molecular weight excluding hydrogens is 512 g/mol. The maximum atomic E-state index is 13.6. The van der Waals surface area contributed by atoms with E-state index in [0.717, 1.165) is 32.5 Å². The van der Waals surface area contributed by atoms with Crippen molar-refractivity contribution in [1.82, 2.24) is 25.1 Å². The number of rotatable bonds is 8. The van der Waals surface area contributed by atoms with Crippen LogP contribution in [0.3, 0.4) is 0 Å². The summed E-state index contributed by atoms with van der Waals surface area (Å²) < 4.78 is 42.0. The molecule has 1 aliphatic heterocycles. The highest BCUT2D eigenvalue weighted by molar-refractivity contribution is 14.0. The standard InChI is InChI=1S/C19H31F3N6O.HI/c1-4-11-28-12-6-15(7-13-28)26-17(23-5-2)25-9-8-18(29,19(20,21)22)16-24-10-14-27(16)3;/h4,10,14-15,29H,1,5-9,11-13H2,2-3H3,(H2,23,25,26);1H. The van der Waals surface area contributed by atoms with Crippen LogP contribution >= 0.6 is 24.0 Å². The van der Waals surface area contributed by atoms with Gasteiger partial charge in [-0.3, -0.25) is 9.89 Å². The van der Waals surface area contributed by atoms with Crippen LogP contribution in [0, 0.1) is 0 Å². The van der Waals surface area contributed by atoms with Gasteiger partial charge in [-0.05, 0) is 19.8 Å². The number of guanidine groups is 1. The third-order valence-corrected chi connectivity index (χ3v) is 5.06. The maximum Gasteiger partial charge on any atom is 0.424 e. The van der Waals surface area contributed by atoms with Gasteiger partial charge in [0, 0.05) is 64.6 Å². The van der Waals surface area contributed by atoms with Crippen molar-refractivity contribution in [2.24, 2.45) is 12.0 Å². The first-order valence-electron chi connectivity index (χ1n) is 9.86. The molecule has 1 fully saturated rings. The minimum atomic E-state index is -4.86. The average molecular weight is 544 g/mol. The SMILES string of the molecule is C=CCN1CCC(NC(=NCCC(O)(c2nccn2C)C(F)(F)F)NCC)CC1.I. The lowest BCUT2D eigenvalue weighted by Crippen LogP contribution is -2.49. The van der Waals surface area contributed by atoms with Crippen LogP contribution in [0.5, 0.6) is 0 Å². The second kappa shape index (κ2) is 11.9. The molecule has 0 saturated carbocycles. The number of aryl methyl sites for hydroxylation is 1. The quantitative estimate of drug-likeness (QED) is 0.203. The maximum absolute atomic E-state index is 13.6. The van der Waals surface area contributed by atoms with Gasteiger partial charge < -0.3 is 20.3 Å². The molecule has 1 aromatic rings. The molecule has 1 saturated heterocycles. The number of aromatic nitrogens is 2. The highest BCUT2D eigenvalue weighted by Crippen LogP contribution is 2.40. The Balaban J connectivity index is 0.00000450. The Morgan fingerprint density at radius 2 is 2.07 bits per heavy atom. The van der Waals surface area contributed by atoms with Crippen molar-refractivity contribution in [1.29, 1.82) is 0 Å². The van der Waals surface area contributed by atoms with Gasteiger partial charge in [0.15, 0.2) is 5.96 Å². The van der Waals surface area contributed by atoms with E-state index >= 15 is 0 Å². The Labute approximate surface area is 192 Å². The molecule has 11 heteroatoms. The molecule has 172 valence electrons. The lowest BCUT2D eigenvalue weighted by atomic mass is 9.98. The zero-order valence-corrected chi connectivity index (χ0v) is 19.8. The van der Waals surface area contributed by atoms with Crippen LogP contribution in [0.25, 0.3) is 0 Å². The third-order valence-electron chi connectivity index (χ3n) is 5.06. The molecule has 0 aromatic carbocycles. The molecular formula is C19H32F3IN6O. The Hall–Kier alpha value is -1.34. The summed E-state index contributed by atoms with van der Waals surface area (Å²) in [5, 5.41) is 16.8. The second-order valence-electron chi connectivity index (χ2n) is 7.24. The van der Waals surface area contributed by atoms with Gasteiger partial charge >= 0.3 is 6.18 Å². The topological polar surface area (TPSA) is 77.7 Å². The summed E-state index contributed by atoms with van der Waals surface area (Å²) in [5.41, 5.74) is -3.05. The molecule has 1 unspecified atom stereocenters. The van der Waals surface area contributed by atoms with Crippen molar-refractivity contribution in [3.8, 4) is 0 Å². The number of aliphatic imine (C=N–C) groups is 1. The van der Waals surface area contributed by atoms with Gasteiger partial charge in [-0.15, -0.1) is 30.6 Å². The van der Waals surface area contributed by atoms with Gasteiger partial charge in [0.05, 0.1) is 0 Å². The normalized spacial score (nSPS) is 18.4. The third kappa shape index (κ3) is 6.84. The van der Waals surface area contributed by atoms with E-state index in [1.807, 2.05) is 13.0 Å². The summed E-state index contributed by atoms with van der Waals surface area (Å²) in [6, 6.07) is 0.199. The second-order valence-corrected chi connectivity index (χ2v) is 7.24. The van der Waals surface area contributed by atoms with Crippen LogP contribution in [0.4, 0.5) is 13.2 Å². The van der Waals surface area contributed by atoms with Gasteiger partial charge in [0.2, 0.25) is 5.60 Å². The fourth-order valence-electron chi connectivity index (χ4n) is 3.43. The number of alkyl halides is 3. The number of piperidine rings is 1. The van der Waals surface area contributed by atoms with Crippen LogP contribution in [0.15, 0.2) is 30.0 Å². The van der Waals surface area contributed by atoms with E-state index in [1.165, 1.54) is 24.0 Å². The fourth-order valence-corrected chi connectivity index (χ4v) is 3.43. The van der Waals surface area contributed by atoms with Gasteiger partial charge in [-0.2, -0.15) is 13.2 Å². The van der Waals surface area contributed by atoms with Crippen molar-refractivity contribution in [3.63, 3.8) is 0 Å². The van der Waals surface area contributed by atoms with Crippen LogP contribution < -0.4 is 10.6 Å². The molecule has 1 aliphatic rings. The summed E-state index contributed by atoms with van der Waals surface area (Å²) >= 11 is 0. The summed E-state index contributed by atoms with van der Waals surface area (Å²) in [6.45, 7) is 8.73. The number of halogens is 4. The molecule has 30 heavy (non-hydrogen) atoms. The van der Waals surface area contributed by atoms with Crippen LogP contribution in [0.2, 0.25) is 0 Å². The minimum Gasteiger partial charge on any atom is -0.374 e. The first kappa shape index (κ1) is 26.7. The van der Waals surface area contributed by atoms with E-state index in [9.17, 15) is 18.3 Å². The summed E-state index contributed by atoms with van der Waals surface area (Å²) in [7, 11) is 1.42. The van der Waals surface area contributed by atoms with Crippen LogP contribution in [0.1, 0.15) is 32.0 Å². The Kier molecular flexibility index (Phi) is 10.6. The highest BCUT2D eigenvalue weighted by Gasteiger charge is 2.57. The molecule has 3 N–H and O–H groups in total. The molecule has 1 atom stereocenters. The smallest absolute Gasteiger partial charge is 0.374 e. The number of aliphatic hydroxyl groups is 1. The first-order chi connectivity index (χ1) is 13.7. The lowest BCUT2D eigenvalue weighted by Gasteiger charge is -2.32. The predicted octanol–water partition coefficient (Wildman–Crippen LogP) is 2.38. The molecule has 2 rings (SSSR count). The van der Waals surface area contributed by atoms with E-state index in [4.69, 9.17) is 0 Å². The number of likely N-dealkylation sites (tertiary alicyclic amines) is 1. The largest absolute Gasteiger partial charge is 0.424 e. The van der Waals surface area contributed by atoms with E-state index in [0.29, 0.717) is 12.5 Å². The summed E-state index contributed by atoms with van der Waals surface area (Å²) in [4.78, 5) is 10.3. The van der Waals surface area contributed by atoms with Gasteiger partial charge in [-0.25, -0.2) is 4.98 Å². The zero-order chi connectivity index (χ0) is 21.5. The van der Waals surface area contributed by atoms with Crippen molar-refractivity contribution in [2.45, 2.75) is 44.0 Å². The number of nitrogens with zero attached hydrogens (tertiary/aromatic N) is 4. The molecule has 0 bridgehead atoms. The van der Waals surface area contributed by atoms with Gasteiger partial charge in [-0.1, -0.05) is 6.08 Å². The van der Waals surface area contributed by atoms with E-state index in [2.05, 4.69) is 32.1 Å². The lowest BCUT2D eigenvalue weighted by molar-refractivity contribution is -0.272. The summed E-state index contributed by atoms with van der Waals surface area (Å²) in [6.07, 6.45) is 0.846. The van der Waals surface area contributed by atoms with Crippen molar-refractivity contribution in [2.75, 3.05) is 32.7 Å². The van der Waals surface area contributed by atoms with E-state index < -0.39 is 24.0 Å². The van der Waals surface area contributed by atoms with Gasteiger partial charge in [0.1, 0.15) is 5.82 Å². The molecule has 2 heterocycles. The summed E-state index contributed by atoms with van der Waals surface area (Å²) in [5.74, 6) is 0.0202. The number of hydrogen-bond acceptors (Lipinski definition) is 4. The van der Waals surface area contributed by atoms with Crippen molar-refractivity contribution in [3.05, 3.63) is 30.9 Å². The van der Waals surface area contributed by atoms with Gasteiger partial charge in [0.25, 0.3) is 0 Å². The Bertz CT molecular complexity index is 688. The van der Waals surface area contributed by atoms with Crippen LogP contribution in [-0.4, -0.2) is 70.5 Å². The van der Waals surface area contributed by atoms with Crippen LogP contribution in [-0.2, 0) is 12.6 Å². The first-order valence-corrected chi connectivity index (χ1v) is 9.86. The highest BCUT2D eigenvalue weighted by atomic mass is 127. The zero-order valence-electron chi connectivity index (χ0n) is 17.5. The molecule has 0 aliphatic carbocycles. The number of imidazole rings is 1. The molecule has 0 radical (unpaired) electrons. The predicted molar refractivity (Wildman–Crippen MR) is 122 cm³/mol. The number of nitrogens with one attached hydrogen (secondary N) is 2. The van der Waals surface area contributed by atoms with Crippen molar-refractivity contribution >= 4 is 29.9 Å². The Morgan fingerprint density at radius 1 is 1.40 bits per heavy atom. The molecule has 0 amide bonds. The van der Waals surface area contributed by atoms with E-state index in [1.54, 1.807) is 0 Å². The Morgan fingerprint density at radius 3 is 2.57 bits per heavy atom. The average Bonchev–Trinajstić information content (AvgIpc) is 3.09. The van der Waals surface area contributed by atoms with Crippen molar-refractivity contribution < 1.29 is 18.3 Å². The minimum absolute atomic E-state index is 0. The monoisotopic (exact) mass is 544 g/mol. The fraction of sp³-hybridized carbons (Fsp3) is 0.684.